The maximum Gasteiger partial charge on any atom is 0.271 e. The van der Waals surface area contributed by atoms with Crippen LogP contribution in [-0.4, -0.2) is 12.1 Å². The summed E-state index contributed by atoms with van der Waals surface area (Å²) in [7, 11) is 0. The van der Waals surface area contributed by atoms with Gasteiger partial charge in [0.2, 0.25) is 0 Å². The summed E-state index contributed by atoms with van der Waals surface area (Å²) in [6.45, 7) is 8.34. The summed E-state index contributed by atoms with van der Waals surface area (Å²) < 4.78 is 0. The first-order valence-electron chi connectivity index (χ1n) is 10.6. The number of aryl methyl sites for hydroxylation is 5. The highest BCUT2D eigenvalue weighted by Gasteiger charge is 2.08. The lowest BCUT2D eigenvalue weighted by atomic mass is 9.94. The van der Waals surface area contributed by atoms with E-state index in [-0.39, 0.29) is 5.91 Å². The van der Waals surface area contributed by atoms with E-state index >= 15 is 0 Å². The Balaban J connectivity index is 1.63. The number of nitrogens with one attached hydrogen (secondary N) is 1. The normalized spacial score (nSPS) is 11.1. The molecule has 1 amide bonds. The molecule has 3 rings (SSSR count). The fourth-order valence-electron chi connectivity index (χ4n) is 3.67. The summed E-state index contributed by atoms with van der Waals surface area (Å²) in [6, 6.07) is 18.3. The van der Waals surface area contributed by atoms with Gasteiger partial charge in [-0.3, -0.25) is 4.79 Å². The molecule has 31 heavy (non-hydrogen) atoms. The summed E-state index contributed by atoms with van der Waals surface area (Å²) >= 11 is 6.10. The lowest BCUT2D eigenvalue weighted by Crippen LogP contribution is -2.17. The first kappa shape index (κ1) is 22.8. The van der Waals surface area contributed by atoms with E-state index in [9.17, 15) is 4.79 Å². The summed E-state index contributed by atoms with van der Waals surface area (Å²) in [6.07, 6.45) is 4.78. The summed E-state index contributed by atoms with van der Waals surface area (Å²) in [5.41, 5.74) is 11.5. The van der Waals surface area contributed by atoms with E-state index in [4.69, 9.17) is 11.6 Å². The molecule has 0 bridgehead atoms. The molecule has 0 saturated carbocycles. The van der Waals surface area contributed by atoms with Crippen LogP contribution in [0.1, 0.15) is 56.2 Å². The van der Waals surface area contributed by atoms with Crippen LogP contribution in [0.5, 0.6) is 0 Å². The van der Waals surface area contributed by atoms with E-state index in [1.807, 2.05) is 13.0 Å². The first-order valence-corrected chi connectivity index (χ1v) is 11.0. The van der Waals surface area contributed by atoms with Crippen molar-refractivity contribution in [1.82, 2.24) is 5.43 Å². The minimum absolute atomic E-state index is 0.280. The molecule has 0 aliphatic rings. The number of hydrazone groups is 1. The summed E-state index contributed by atoms with van der Waals surface area (Å²) in [4.78, 5) is 12.3. The van der Waals surface area contributed by atoms with Crippen molar-refractivity contribution in [2.45, 2.75) is 47.0 Å². The molecule has 0 heterocycles. The third-order valence-electron chi connectivity index (χ3n) is 5.63. The topological polar surface area (TPSA) is 41.5 Å². The second-order valence-electron chi connectivity index (χ2n) is 7.97. The molecule has 3 aromatic rings. The van der Waals surface area contributed by atoms with E-state index in [1.165, 1.54) is 27.8 Å². The van der Waals surface area contributed by atoms with Gasteiger partial charge in [-0.1, -0.05) is 61.0 Å². The molecule has 1 N–H and O–H groups in total. The van der Waals surface area contributed by atoms with E-state index in [0.717, 1.165) is 30.4 Å². The van der Waals surface area contributed by atoms with Gasteiger partial charge < -0.3 is 0 Å². The van der Waals surface area contributed by atoms with Crippen molar-refractivity contribution in [3.63, 3.8) is 0 Å². The zero-order valence-electron chi connectivity index (χ0n) is 18.6. The number of nitrogens with zero attached hydrogens (tertiary/aromatic N) is 1. The Hall–Kier alpha value is -2.91. The van der Waals surface area contributed by atoms with Crippen LogP contribution in [0.15, 0.2) is 59.7 Å². The lowest BCUT2D eigenvalue weighted by Gasteiger charge is -2.12. The Morgan fingerprint density at radius 1 is 0.903 bits per heavy atom. The van der Waals surface area contributed by atoms with Gasteiger partial charge in [0, 0.05) is 10.6 Å². The number of halogens is 1. The SMILES string of the molecule is CCc1ccc(CCc2c(C)cc(/C=N/NC(=O)c3ccc(C)c(Cl)c3)cc2C)cc1. The van der Waals surface area contributed by atoms with Gasteiger partial charge in [0.15, 0.2) is 0 Å². The molecule has 160 valence electrons. The van der Waals surface area contributed by atoms with E-state index in [2.05, 4.69) is 67.7 Å². The Kier molecular flexibility index (Phi) is 7.64. The Morgan fingerprint density at radius 2 is 1.55 bits per heavy atom. The fraction of sp³-hybridized carbons (Fsp3) is 0.259. The largest absolute Gasteiger partial charge is 0.271 e. The van der Waals surface area contributed by atoms with Crippen LogP contribution in [-0.2, 0) is 19.3 Å². The lowest BCUT2D eigenvalue weighted by molar-refractivity contribution is 0.0955. The van der Waals surface area contributed by atoms with Crippen molar-refractivity contribution in [2.24, 2.45) is 5.10 Å². The average molecular weight is 433 g/mol. The number of carbonyl (C=O) groups excluding carboxylic acids is 1. The summed E-state index contributed by atoms with van der Waals surface area (Å²) in [5.74, 6) is -0.280. The second kappa shape index (κ2) is 10.4. The molecular formula is C27H29ClN2O. The highest BCUT2D eigenvalue weighted by molar-refractivity contribution is 6.31. The molecule has 4 heteroatoms. The van der Waals surface area contributed by atoms with Gasteiger partial charge in [0.05, 0.1) is 6.21 Å². The Morgan fingerprint density at radius 3 is 2.16 bits per heavy atom. The third-order valence-corrected chi connectivity index (χ3v) is 6.03. The van der Waals surface area contributed by atoms with Crippen molar-refractivity contribution in [3.05, 3.63) is 104 Å². The third kappa shape index (κ3) is 6.05. The summed E-state index contributed by atoms with van der Waals surface area (Å²) in [5, 5.41) is 4.69. The van der Waals surface area contributed by atoms with Crippen LogP contribution >= 0.6 is 11.6 Å². The number of hydrogen-bond acceptors (Lipinski definition) is 2. The van der Waals surface area contributed by atoms with Crippen LogP contribution in [0.2, 0.25) is 5.02 Å². The van der Waals surface area contributed by atoms with Gasteiger partial charge >= 0.3 is 0 Å². The van der Waals surface area contributed by atoms with Crippen molar-refractivity contribution in [1.29, 1.82) is 0 Å². The number of benzene rings is 3. The standard InChI is InChI=1S/C27H29ClN2O/c1-5-21-7-9-22(10-8-21)11-13-25-19(3)14-23(15-20(25)4)17-29-30-27(31)24-12-6-18(2)26(28)16-24/h6-10,12,14-17H,5,11,13H2,1-4H3,(H,30,31)/b29-17+. The Bertz CT molecular complexity index is 1080. The molecule has 0 radical (unpaired) electrons. The van der Waals surface area contributed by atoms with Gasteiger partial charge in [-0.05, 0) is 91.1 Å². The quantitative estimate of drug-likeness (QED) is 0.341. The maximum absolute atomic E-state index is 12.3. The number of hydrogen-bond donors (Lipinski definition) is 1. The molecule has 3 aromatic carbocycles. The van der Waals surface area contributed by atoms with Crippen molar-refractivity contribution in [3.8, 4) is 0 Å². The molecule has 0 aromatic heterocycles. The minimum atomic E-state index is -0.280. The molecule has 0 aliphatic heterocycles. The second-order valence-corrected chi connectivity index (χ2v) is 8.37. The zero-order valence-corrected chi connectivity index (χ0v) is 19.4. The Labute approximate surface area is 190 Å². The van der Waals surface area contributed by atoms with E-state index in [0.29, 0.717) is 10.6 Å². The van der Waals surface area contributed by atoms with Gasteiger partial charge in [-0.25, -0.2) is 5.43 Å². The van der Waals surface area contributed by atoms with Gasteiger partial charge in [0.1, 0.15) is 0 Å². The minimum Gasteiger partial charge on any atom is -0.267 e. The fourth-order valence-corrected chi connectivity index (χ4v) is 3.85. The van der Waals surface area contributed by atoms with Crippen molar-refractivity contribution < 1.29 is 4.79 Å². The van der Waals surface area contributed by atoms with Crippen LogP contribution in [0, 0.1) is 20.8 Å². The predicted molar refractivity (Wildman–Crippen MR) is 130 cm³/mol. The van der Waals surface area contributed by atoms with Gasteiger partial charge in [-0.15, -0.1) is 0 Å². The first-order chi connectivity index (χ1) is 14.9. The van der Waals surface area contributed by atoms with Crippen molar-refractivity contribution in [2.75, 3.05) is 0 Å². The number of rotatable bonds is 7. The molecular weight excluding hydrogens is 404 g/mol. The molecule has 0 unspecified atom stereocenters. The molecule has 0 fully saturated rings. The van der Waals surface area contributed by atoms with Crippen LogP contribution in [0.25, 0.3) is 0 Å². The smallest absolute Gasteiger partial charge is 0.267 e. The van der Waals surface area contributed by atoms with Gasteiger partial charge in [0.25, 0.3) is 5.91 Å². The molecule has 3 nitrogen and oxygen atoms in total. The highest BCUT2D eigenvalue weighted by Crippen LogP contribution is 2.19. The van der Waals surface area contributed by atoms with Crippen molar-refractivity contribution >= 4 is 23.7 Å². The van der Waals surface area contributed by atoms with Gasteiger partial charge in [-0.2, -0.15) is 5.10 Å². The molecule has 0 atom stereocenters. The monoisotopic (exact) mass is 432 g/mol. The number of amides is 1. The maximum atomic E-state index is 12.3. The van der Waals surface area contributed by atoms with Crippen LogP contribution in [0.3, 0.4) is 0 Å². The van der Waals surface area contributed by atoms with E-state index < -0.39 is 0 Å². The van der Waals surface area contributed by atoms with Crippen LogP contribution in [0.4, 0.5) is 0 Å². The molecule has 0 saturated heterocycles. The van der Waals surface area contributed by atoms with Crippen LogP contribution < -0.4 is 5.43 Å². The highest BCUT2D eigenvalue weighted by atomic mass is 35.5. The zero-order chi connectivity index (χ0) is 22.4. The van der Waals surface area contributed by atoms with E-state index in [1.54, 1.807) is 18.3 Å². The number of carbonyl (C=O) groups is 1. The molecule has 0 aliphatic carbocycles. The predicted octanol–water partition coefficient (Wildman–Crippen LogP) is 6.38. The average Bonchev–Trinajstić information content (AvgIpc) is 2.75. The molecule has 0 spiro atoms.